The Morgan fingerprint density at radius 1 is 1.06 bits per heavy atom. The van der Waals surface area contributed by atoms with Gasteiger partial charge in [-0.15, -0.1) is 5.11 Å². The molecule has 0 amide bonds. The summed E-state index contributed by atoms with van der Waals surface area (Å²) in [5.74, 6) is 0. The Morgan fingerprint density at radius 2 is 1.67 bits per heavy atom. The number of aromatic nitrogens is 1. The number of non-ortho nitro benzene ring substituents is 1. The standard InChI is InChI=1S/C22H22Cl2N5O2.H2O4S/c1-16-13-17(7-8-25-9-12-28-10-3-2-4-11-28)5-6-21(16)26-27-22-19(23)14-18(29(30)31)15-20(22)24;1-5(2,3)4/h2-6,10-11,13-15,25H,7-9,12H2,1H3;(H2,1,2,3,4)/q+1;/p-1. The van der Waals surface area contributed by atoms with Gasteiger partial charge in [-0.3, -0.25) is 14.7 Å². The van der Waals surface area contributed by atoms with Gasteiger partial charge >= 0.3 is 0 Å². The fraction of sp³-hybridized carbons (Fsp3) is 0.227. The van der Waals surface area contributed by atoms with E-state index in [4.69, 9.17) is 40.7 Å². The minimum Gasteiger partial charge on any atom is -0.726 e. The molecule has 0 saturated carbocycles. The Balaban J connectivity index is 0.000000830. The number of pyridine rings is 1. The number of hydrogen-bond donors (Lipinski definition) is 2. The lowest BCUT2D eigenvalue weighted by atomic mass is 10.1. The van der Waals surface area contributed by atoms with Gasteiger partial charge in [-0.1, -0.05) is 41.4 Å². The van der Waals surface area contributed by atoms with E-state index >= 15 is 0 Å². The monoisotopic (exact) mass is 555 g/mol. The Bertz CT molecular complexity index is 1290. The first-order valence-corrected chi connectivity index (χ1v) is 12.5. The van der Waals surface area contributed by atoms with Gasteiger partial charge in [0.05, 0.1) is 27.2 Å². The maximum atomic E-state index is 10.9. The first-order valence-electron chi connectivity index (χ1n) is 10.4. The zero-order chi connectivity index (χ0) is 26.7. The van der Waals surface area contributed by atoms with Crippen LogP contribution in [0.5, 0.6) is 0 Å². The molecule has 2 N–H and O–H groups in total. The molecule has 0 saturated heterocycles. The maximum absolute atomic E-state index is 10.9. The predicted molar refractivity (Wildman–Crippen MR) is 134 cm³/mol. The van der Waals surface area contributed by atoms with E-state index in [0.717, 1.165) is 31.6 Å². The Labute approximate surface area is 218 Å². The van der Waals surface area contributed by atoms with Crippen LogP contribution in [0.2, 0.25) is 10.0 Å². The summed E-state index contributed by atoms with van der Waals surface area (Å²) in [6.07, 6.45) is 5.00. The minimum atomic E-state index is -4.92. The van der Waals surface area contributed by atoms with Gasteiger partial charge in [0.2, 0.25) is 10.4 Å². The highest BCUT2D eigenvalue weighted by atomic mass is 35.5. The highest BCUT2D eigenvalue weighted by Gasteiger charge is 2.14. The van der Waals surface area contributed by atoms with E-state index in [0.29, 0.717) is 5.69 Å². The van der Waals surface area contributed by atoms with Crippen LogP contribution in [0.25, 0.3) is 0 Å². The highest BCUT2D eigenvalue weighted by molar-refractivity contribution is 7.79. The van der Waals surface area contributed by atoms with E-state index < -0.39 is 15.3 Å². The number of nitrogens with one attached hydrogen (secondary N) is 1. The lowest BCUT2D eigenvalue weighted by Crippen LogP contribution is -2.38. The van der Waals surface area contributed by atoms with Crippen LogP contribution < -0.4 is 9.88 Å². The lowest BCUT2D eigenvalue weighted by molar-refractivity contribution is -0.695. The van der Waals surface area contributed by atoms with E-state index in [1.54, 1.807) is 0 Å². The van der Waals surface area contributed by atoms with Gasteiger partial charge in [0, 0.05) is 24.3 Å². The molecule has 192 valence electrons. The van der Waals surface area contributed by atoms with Gasteiger partial charge in [0.15, 0.2) is 18.9 Å². The third kappa shape index (κ3) is 10.7. The summed E-state index contributed by atoms with van der Waals surface area (Å²) in [6, 6.07) is 14.4. The molecule has 14 heteroatoms. The molecule has 0 radical (unpaired) electrons. The van der Waals surface area contributed by atoms with Crippen LogP contribution in [-0.4, -0.2) is 35.5 Å². The van der Waals surface area contributed by atoms with Crippen LogP contribution in [0.3, 0.4) is 0 Å². The number of hydrogen-bond acceptors (Lipinski definition) is 8. The zero-order valence-electron chi connectivity index (χ0n) is 19.0. The van der Waals surface area contributed by atoms with Crippen LogP contribution in [-0.2, 0) is 23.4 Å². The van der Waals surface area contributed by atoms with Crippen molar-refractivity contribution in [1.82, 2.24) is 5.32 Å². The fourth-order valence-corrected chi connectivity index (χ4v) is 3.54. The highest BCUT2D eigenvalue weighted by Crippen LogP contribution is 2.38. The van der Waals surface area contributed by atoms with Crippen LogP contribution >= 0.6 is 23.2 Å². The molecule has 0 aliphatic carbocycles. The Morgan fingerprint density at radius 3 is 2.22 bits per heavy atom. The smallest absolute Gasteiger partial charge is 0.272 e. The van der Waals surface area contributed by atoms with E-state index in [1.165, 1.54) is 17.7 Å². The molecule has 0 spiro atoms. The molecule has 0 aliphatic rings. The van der Waals surface area contributed by atoms with Gasteiger partial charge in [-0.2, -0.15) is 5.11 Å². The second-order valence-electron chi connectivity index (χ2n) is 7.38. The summed E-state index contributed by atoms with van der Waals surface area (Å²) in [4.78, 5) is 10.3. The quantitative estimate of drug-likeness (QED) is 0.0731. The number of nitro groups is 1. The summed E-state index contributed by atoms with van der Waals surface area (Å²) in [7, 11) is -4.92. The first kappa shape index (κ1) is 29.2. The SMILES string of the molecule is Cc1cc(CCNCC[n+]2ccccc2)ccc1N=Nc1c(Cl)cc([N+](=O)[O-])cc1Cl.O=S(=O)([O-])O. The molecule has 1 heterocycles. The second-order valence-corrected chi connectivity index (χ2v) is 9.05. The molecule has 0 atom stereocenters. The van der Waals surface area contributed by atoms with Gasteiger partial charge in [0.25, 0.3) is 5.69 Å². The van der Waals surface area contributed by atoms with Gasteiger partial charge < -0.3 is 9.87 Å². The van der Waals surface area contributed by atoms with Crippen molar-refractivity contribution in [3.8, 4) is 0 Å². The molecule has 0 bridgehead atoms. The Kier molecular flexibility index (Phi) is 11.3. The van der Waals surface area contributed by atoms with Crippen molar-refractivity contribution in [1.29, 1.82) is 0 Å². The van der Waals surface area contributed by atoms with Gasteiger partial charge in [-0.05, 0) is 37.1 Å². The Hall–Kier alpha value is -3.00. The van der Waals surface area contributed by atoms with Crippen molar-refractivity contribution < 1.29 is 27.0 Å². The van der Waals surface area contributed by atoms with E-state index in [2.05, 4.69) is 38.6 Å². The number of halogens is 2. The van der Waals surface area contributed by atoms with Gasteiger partial charge in [-0.25, -0.2) is 13.0 Å². The normalized spacial score (nSPS) is 11.2. The molecule has 3 rings (SSSR count). The molecule has 0 fully saturated rings. The van der Waals surface area contributed by atoms with E-state index in [-0.39, 0.29) is 21.4 Å². The molecule has 0 aliphatic heterocycles. The summed E-state index contributed by atoms with van der Waals surface area (Å²) < 4.78 is 35.0. The number of nitro benzene ring substituents is 1. The van der Waals surface area contributed by atoms with E-state index in [9.17, 15) is 10.1 Å². The number of aryl methyl sites for hydroxylation is 1. The summed E-state index contributed by atoms with van der Waals surface area (Å²) in [6.45, 7) is 4.65. The summed E-state index contributed by atoms with van der Waals surface area (Å²) in [5.41, 5.74) is 2.86. The van der Waals surface area contributed by atoms with Crippen LogP contribution in [0.1, 0.15) is 11.1 Å². The largest absolute Gasteiger partial charge is 0.726 e. The lowest BCUT2D eigenvalue weighted by Gasteiger charge is -2.06. The first-order chi connectivity index (χ1) is 16.9. The fourth-order valence-electron chi connectivity index (χ4n) is 2.99. The number of azo groups is 1. The third-order valence-corrected chi connectivity index (χ3v) is 5.22. The van der Waals surface area contributed by atoms with E-state index in [1.807, 2.05) is 37.3 Å². The van der Waals surface area contributed by atoms with Crippen LogP contribution in [0.15, 0.2) is 71.2 Å². The van der Waals surface area contributed by atoms with Crippen LogP contribution in [0, 0.1) is 17.0 Å². The average Bonchev–Trinajstić information content (AvgIpc) is 2.79. The van der Waals surface area contributed by atoms with Crippen molar-refractivity contribution >= 4 is 50.7 Å². The third-order valence-electron chi connectivity index (χ3n) is 4.65. The summed E-state index contributed by atoms with van der Waals surface area (Å²) >= 11 is 12.2. The molecule has 1 aromatic heterocycles. The van der Waals surface area contributed by atoms with Crippen molar-refractivity contribution in [2.75, 3.05) is 13.1 Å². The minimum absolute atomic E-state index is 0.0805. The average molecular weight is 556 g/mol. The molecule has 36 heavy (non-hydrogen) atoms. The summed E-state index contributed by atoms with van der Waals surface area (Å²) in [5, 5.41) is 22.8. The van der Waals surface area contributed by atoms with Crippen molar-refractivity contribution in [3.05, 3.63) is 92.2 Å². The zero-order valence-corrected chi connectivity index (χ0v) is 21.4. The molecule has 0 unspecified atom stereocenters. The second kappa shape index (κ2) is 13.9. The predicted octanol–water partition coefficient (Wildman–Crippen LogP) is 4.75. The number of nitrogens with zero attached hydrogens (tertiary/aromatic N) is 4. The topological polar surface area (TPSA) is 161 Å². The molecule has 2 aromatic carbocycles. The molecule has 11 nitrogen and oxygen atoms in total. The van der Waals surface area contributed by atoms with Crippen molar-refractivity contribution in [2.24, 2.45) is 10.2 Å². The molecule has 3 aromatic rings. The number of benzene rings is 2. The molecular weight excluding hydrogens is 533 g/mol. The van der Waals surface area contributed by atoms with Crippen LogP contribution in [0.4, 0.5) is 17.1 Å². The molecular formula is C22H23Cl2N5O6S. The van der Waals surface area contributed by atoms with Crippen molar-refractivity contribution in [2.45, 2.75) is 19.9 Å². The number of rotatable bonds is 9. The van der Waals surface area contributed by atoms with Crippen molar-refractivity contribution in [3.63, 3.8) is 0 Å². The van der Waals surface area contributed by atoms with Gasteiger partial charge in [0.1, 0.15) is 5.69 Å². The maximum Gasteiger partial charge on any atom is 0.272 e.